The first-order chi connectivity index (χ1) is 8.87. The quantitative estimate of drug-likeness (QED) is 0.864. The van der Waals surface area contributed by atoms with Gasteiger partial charge in [0.25, 0.3) is 5.91 Å². The lowest BCUT2D eigenvalue weighted by Crippen LogP contribution is -2.36. The molecule has 0 aromatic heterocycles. The van der Waals surface area contributed by atoms with E-state index in [9.17, 15) is 9.59 Å². The number of amides is 2. The van der Waals surface area contributed by atoms with Crippen molar-refractivity contribution < 1.29 is 19.1 Å². The van der Waals surface area contributed by atoms with Gasteiger partial charge in [-0.2, -0.15) is 0 Å². The first-order valence-corrected chi connectivity index (χ1v) is 6.21. The zero-order valence-electron chi connectivity index (χ0n) is 9.57. The fraction of sp³-hybridized carbons (Fsp3) is 0.273. The molecule has 19 heavy (non-hydrogen) atoms. The van der Waals surface area contributed by atoms with Crippen molar-refractivity contribution in [1.29, 1.82) is 0 Å². The number of halogens is 3. The number of benzene rings is 1. The number of alkyl halides is 3. The number of hydrogen-bond acceptors (Lipinski definition) is 4. The molecule has 0 atom stereocenters. The molecule has 1 aromatic rings. The Morgan fingerprint density at radius 3 is 2.37 bits per heavy atom. The van der Waals surface area contributed by atoms with Crippen LogP contribution in [0.3, 0.4) is 0 Å². The Hall–Kier alpha value is -1.17. The average molecular weight is 327 g/mol. The number of carbonyl (C=O) groups excluding carboxylic acids is 2. The van der Waals surface area contributed by atoms with Crippen molar-refractivity contribution in [2.75, 3.05) is 13.2 Å². The molecule has 0 saturated heterocycles. The van der Waals surface area contributed by atoms with Gasteiger partial charge in [0.1, 0.15) is 12.4 Å². The highest BCUT2D eigenvalue weighted by molar-refractivity contribution is 6.67. The molecule has 1 rings (SSSR count). The van der Waals surface area contributed by atoms with Gasteiger partial charge in [-0.05, 0) is 12.1 Å². The highest BCUT2D eigenvalue weighted by Crippen LogP contribution is 2.25. The second-order valence-electron chi connectivity index (χ2n) is 3.34. The van der Waals surface area contributed by atoms with Crippen molar-refractivity contribution in [2.24, 2.45) is 0 Å². The molecule has 2 amide bonds. The summed E-state index contributed by atoms with van der Waals surface area (Å²) >= 11 is 16.1. The molecular weight excluding hydrogens is 316 g/mol. The first kappa shape index (κ1) is 15.9. The average Bonchev–Trinajstić information content (AvgIpc) is 2.34. The highest BCUT2D eigenvalue weighted by Gasteiger charge is 2.22. The largest absolute Gasteiger partial charge is 0.484 e. The normalized spacial score (nSPS) is 10.7. The standard InChI is InChI=1S/C11H10Cl3NO4/c12-11(13,14)7-19-10(17)15-9(16)6-18-8-4-2-1-3-5-8/h1-5H,6-7H2,(H,15,16,17). The van der Waals surface area contributed by atoms with Crippen LogP contribution in [0, 0.1) is 0 Å². The number of alkyl carbamates (subject to hydrolysis) is 1. The zero-order valence-corrected chi connectivity index (χ0v) is 11.8. The van der Waals surface area contributed by atoms with Crippen molar-refractivity contribution in [1.82, 2.24) is 5.32 Å². The van der Waals surface area contributed by atoms with Gasteiger partial charge in [0.15, 0.2) is 6.61 Å². The summed E-state index contributed by atoms with van der Waals surface area (Å²) in [6, 6.07) is 8.66. The first-order valence-electron chi connectivity index (χ1n) is 5.08. The van der Waals surface area contributed by atoms with Crippen molar-refractivity contribution in [2.45, 2.75) is 3.79 Å². The Balaban J connectivity index is 2.26. The van der Waals surface area contributed by atoms with Gasteiger partial charge < -0.3 is 9.47 Å². The Morgan fingerprint density at radius 2 is 1.79 bits per heavy atom. The lowest BCUT2D eigenvalue weighted by molar-refractivity contribution is -0.122. The van der Waals surface area contributed by atoms with Crippen LogP contribution in [0.1, 0.15) is 0 Å². The van der Waals surface area contributed by atoms with E-state index >= 15 is 0 Å². The van der Waals surface area contributed by atoms with E-state index in [0.29, 0.717) is 5.75 Å². The van der Waals surface area contributed by atoms with Crippen molar-refractivity contribution in [3.05, 3.63) is 30.3 Å². The Morgan fingerprint density at radius 1 is 1.16 bits per heavy atom. The lowest BCUT2D eigenvalue weighted by atomic mass is 10.3. The van der Waals surface area contributed by atoms with Crippen molar-refractivity contribution in [3.63, 3.8) is 0 Å². The summed E-state index contributed by atoms with van der Waals surface area (Å²) in [6.07, 6.45) is -1.01. The number of para-hydroxylation sites is 1. The third-order valence-electron chi connectivity index (χ3n) is 1.72. The van der Waals surface area contributed by atoms with E-state index in [0.717, 1.165) is 0 Å². The minimum atomic E-state index is -1.72. The zero-order chi connectivity index (χ0) is 14.3. The van der Waals surface area contributed by atoms with E-state index in [1.165, 1.54) is 0 Å². The summed E-state index contributed by atoms with van der Waals surface area (Å²) in [7, 11) is 0. The van der Waals surface area contributed by atoms with Crippen LogP contribution in [0.5, 0.6) is 5.75 Å². The van der Waals surface area contributed by atoms with Crippen LogP contribution in [-0.4, -0.2) is 29.0 Å². The monoisotopic (exact) mass is 325 g/mol. The molecule has 0 fully saturated rings. The molecule has 5 nitrogen and oxygen atoms in total. The summed E-state index contributed by atoms with van der Waals surface area (Å²) in [4.78, 5) is 22.4. The number of imide groups is 1. The number of carbonyl (C=O) groups is 2. The van der Waals surface area contributed by atoms with Gasteiger partial charge in [-0.3, -0.25) is 10.1 Å². The molecule has 0 aliphatic rings. The van der Waals surface area contributed by atoms with Crippen LogP contribution in [0.25, 0.3) is 0 Å². The Bertz CT molecular complexity index is 433. The number of hydrogen-bond donors (Lipinski definition) is 1. The fourth-order valence-electron chi connectivity index (χ4n) is 0.999. The predicted molar refractivity (Wildman–Crippen MR) is 71.7 cm³/mol. The van der Waals surface area contributed by atoms with Crippen LogP contribution in [0.4, 0.5) is 4.79 Å². The summed E-state index contributed by atoms with van der Waals surface area (Å²) in [6.45, 7) is -0.788. The fourth-order valence-corrected chi connectivity index (χ4v) is 1.16. The third kappa shape index (κ3) is 7.77. The van der Waals surface area contributed by atoms with E-state index in [2.05, 4.69) is 4.74 Å². The summed E-state index contributed by atoms with van der Waals surface area (Å²) < 4.78 is 7.90. The van der Waals surface area contributed by atoms with Crippen LogP contribution >= 0.6 is 34.8 Å². The van der Waals surface area contributed by atoms with Crippen molar-refractivity contribution >= 4 is 46.8 Å². The molecular formula is C11H10Cl3NO4. The molecule has 1 N–H and O–H groups in total. The maximum Gasteiger partial charge on any atom is 0.414 e. The predicted octanol–water partition coefficient (Wildman–Crippen LogP) is 2.69. The molecule has 0 saturated carbocycles. The molecule has 0 bridgehead atoms. The minimum absolute atomic E-state index is 0.327. The molecule has 0 unspecified atom stereocenters. The molecule has 0 aliphatic carbocycles. The third-order valence-corrected chi connectivity index (χ3v) is 2.05. The second-order valence-corrected chi connectivity index (χ2v) is 5.86. The molecule has 0 aliphatic heterocycles. The summed E-state index contributed by atoms with van der Waals surface area (Å²) in [5, 5.41) is 1.92. The van der Waals surface area contributed by atoms with Crippen molar-refractivity contribution in [3.8, 4) is 5.75 Å². The van der Waals surface area contributed by atoms with Gasteiger partial charge in [-0.25, -0.2) is 4.79 Å². The number of rotatable bonds is 4. The molecule has 0 heterocycles. The van der Waals surface area contributed by atoms with E-state index < -0.39 is 22.4 Å². The van der Waals surface area contributed by atoms with Gasteiger partial charge >= 0.3 is 6.09 Å². The van der Waals surface area contributed by atoms with Crippen LogP contribution in [0.2, 0.25) is 0 Å². The van der Waals surface area contributed by atoms with Gasteiger partial charge in [0, 0.05) is 0 Å². The smallest absolute Gasteiger partial charge is 0.414 e. The van der Waals surface area contributed by atoms with Gasteiger partial charge in [-0.1, -0.05) is 53.0 Å². The van der Waals surface area contributed by atoms with Gasteiger partial charge in [0.2, 0.25) is 3.79 Å². The molecule has 0 spiro atoms. The number of nitrogens with one attached hydrogen (secondary N) is 1. The topological polar surface area (TPSA) is 64.6 Å². The minimum Gasteiger partial charge on any atom is -0.484 e. The maximum absolute atomic E-state index is 11.3. The summed E-state index contributed by atoms with van der Waals surface area (Å²) in [5.74, 6) is -0.162. The molecule has 8 heteroatoms. The van der Waals surface area contributed by atoms with Crippen LogP contribution in [0.15, 0.2) is 30.3 Å². The molecule has 1 aromatic carbocycles. The lowest BCUT2D eigenvalue weighted by Gasteiger charge is -2.11. The highest BCUT2D eigenvalue weighted by atomic mass is 35.6. The Kier molecular flexibility index (Phi) is 6.21. The maximum atomic E-state index is 11.3. The Labute approximate surface area is 124 Å². The van der Waals surface area contributed by atoms with Crippen LogP contribution < -0.4 is 10.1 Å². The van der Waals surface area contributed by atoms with Gasteiger partial charge in [-0.15, -0.1) is 0 Å². The number of ether oxygens (including phenoxy) is 2. The van der Waals surface area contributed by atoms with E-state index in [4.69, 9.17) is 39.5 Å². The van der Waals surface area contributed by atoms with E-state index in [1.54, 1.807) is 30.3 Å². The summed E-state index contributed by atoms with van der Waals surface area (Å²) in [5.41, 5.74) is 0. The van der Waals surface area contributed by atoms with Gasteiger partial charge in [0.05, 0.1) is 0 Å². The van der Waals surface area contributed by atoms with E-state index in [-0.39, 0.29) is 6.61 Å². The van der Waals surface area contributed by atoms with E-state index in [1.807, 2.05) is 5.32 Å². The SMILES string of the molecule is O=C(COc1ccccc1)NC(=O)OCC(Cl)(Cl)Cl. The van der Waals surface area contributed by atoms with Crippen LogP contribution in [-0.2, 0) is 9.53 Å². The molecule has 104 valence electrons. The molecule has 0 radical (unpaired) electrons. The second kappa shape index (κ2) is 7.43.